The van der Waals surface area contributed by atoms with Gasteiger partial charge in [0.05, 0.1) is 16.1 Å². The molecular formula is C25H22N2O4S. The zero-order chi connectivity index (χ0) is 22.9. The maximum Gasteiger partial charge on any atom is 0.335 e. The van der Waals surface area contributed by atoms with E-state index in [9.17, 15) is 18.3 Å². The average Bonchev–Trinajstić information content (AvgIpc) is 2.79. The zero-order valence-electron chi connectivity index (χ0n) is 17.4. The van der Waals surface area contributed by atoms with Gasteiger partial charge in [-0.3, -0.25) is 0 Å². The van der Waals surface area contributed by atoms with E-state index in [-0.39, 0.29) is 10.5 Å². The van der Waals surface area contributed by atoms with E-state index in [1.54, 1.807) is 24.3 Å². The fraction of sp³-hybridized carbons (Fsp3) is 0.0800. The lowest BCUT2D eigenvalue weighted by Crippen LogP contribution is -2.21. The van der Waals surface area contributed by atoms with E-state index in [1.807, 2.05) is 60.4 Å². The molecule has 0 saturated carbocycles. The summed E-state index contributed by atoms with van der Waals surface area (Å²) in [7, 11) is -4.21. The van der Waals surface area contributed by atoms with E-state index in [1.165, 1.54) is 6.07 Å². The standard InChI is InChI=1S/C25H22N2O4S/c1-2-27(21-13-12-17-8-6-7-11-19(17)14-21)22-15-20(25(28)29)16-23(32(26,30)31)24(22)18-9-4-3-5-10-18/h3-16H,2H2,1H3,(H,28,29)(H2,26,30,31). The number of aromatic carboxylic acids is 1. The van der Waals surface area contributed by atoms with E-state index >= 15 is 0 Å². The van der Waals surface area contributed by atoms with Crippen LogP contribution in [0.2, 0.25) is 0 Å². The number of anilines is 2. The zero-order valence-corrected chi connectivity index (χ0v) is 18.2. The van der Waals surface area contributed by atoms with Crippen LogP contribution in [0.3, 0.4) is 0 Å². The molecule has 4 aromatic carbocycles. The molecule has 0 unspecified atom stereocenters. The smallest absolute Gasteiger partial charge is 0.335 e. The van der Waals surface area contributed by atoms with Crippen LogP contribution in [0.4, 0.5) is 11.4 Å². The number of benzene rings is 4. The number of carboxylic acids is 1. The average molecular weight is 447 g/mol. The summed E-state index contributed by atoms with van der Waals surface area (Å²) in [6, 6.07) is 25.4. The lowest BCUT2D eigenvalue weighted by molar-refractivity contribution is 0.0696. The maximum atomic E-state index is 12.5. The number of fused-ring (bicyclic) bond motifs is 1. The summed E-state index contributed by atoms with van der Waals surface area (Å²) < 4.78 is 25.1. The van der Waals surface area contributed by atoms with E-state index in [4.69, 9.17) is 5.14 Å². The highest BCUT2D eigenvalue weighted by Gasteiger charge is 2.25. The van der Waals surface area contributed by atoms with Gasteiger partial charge in [-0.05, 0) is 47.5 Å². The first-order valence-electron chi connectivity index (χ1n) is 10.1. The molecule has 0 radical (unpaired) electrons. The molecule has 0 saturated heterocycles. The molecule has 0 bridgehead atoms. The van der Waals surface area contributed by atoms with Crippen LogP contribution in [0.25, 0.3) is 21.9 Å². The maximum absolute atomic E-state index is 12.5. The highest BCUT2D eigenvalue weighted by atomic mass is 32.2. The van der Waals surface area contributed by atoms with Gasteiger partial charge >= 0.3 is 5.97 Å². The Balaban J connectivity index is 2.06. The number of carboxylic acid groups (broad SMARTS) is 1. The second-order valence-electron chi connectivity index (χ2n) is 7.36. The summed E-state index contributed by atoms with van der Waals surface area (Å²) in [6.07, 6.45) is 0. The van der Waals surface area contributed by atoms with Crippen molar-refractivity contribution >= 4 is 38.1 Å². The van der Waals surface area contributed by atoms with Crippen molar-refractivity contribution in [3.05, 3.63) is 90.5 Å². The van der Waals surface area contributed by atoms with Crippen LogP contribution in [0.5, 0.6) is 0 Å². The third-order valence-electron chi connectivity index (χ3n) is 5.35. The number of nitrogens with zero attached hydrogens (tertiary/aromatic N) is 1. The molecule has 0 aliphatic rings. The molecule has 0 heterocycles. The molecule has 0 aromatic heterocycles. The number of hydrogen-bond acceptors (Lipinski definition) is 4. The lowest BCUT2D eigenvalue weighted by atomic mass is 9.99. The Bertz CT molecular complexity index is 1420. The molecule has 162 valence electrons. The van der Waals surface area contributed by atoms with Gasteiger partial charge in [-0.25, -0.2) is 18.4 Å². The minimum absolute atomic E-state index is 0.150. The predicted octanol–water partition coefficient (Wildman–Crippen LogP) is 5.01. The van der Waals surface area contributed by atoms with Gasteiger partial charge in [-0.15, -0.1) is 0 Å². The van der Waals surface area contributed by atoms with Gasteiger partial charge in [0.2, 0.25) is 10.0 Å². The molecule has 0 spiro atoms. The van der Waals surface area contributed by atoms with Gasteiger partial charge in [-0.1, -0.05) is 60.7 Å². The number of primary sulfonamides is 1. The van der Waals surface area contributed by atoms with Gasteiger partial charge < -0.3 is 10.0 Å². The van der Waals surface area contributed by atoms with Crippen molar-refractivity contribution in [1.82, 2.24) is 0 Å². The second-order valence-corrected chi connectivity index (χ2v) is 8.89. The van der Waals surface area contributed by atoms with Crippen molar-refractivity contribution in [1.29, 1.82) is 0 Å². The van der Waals surface area contributed by atoms with E-state index in [2.05, 4.69) is 0 Å². The largest absolute Gasteiger partial charge is 0.478 e. The molecule has 32 heavy (non-hydrogen) atoms. The van der Waals surface area contributed by atoms with Crippen LogP contribution in [-0.4, -0.2) is 26.0 Å². The fourth-order valence-electron chi connectivity index (χ4n) is 3.89. The molecule has 6 nitrogen and oxygen atoms in total. The quantitative estimate of drug-likeness (QED) is 0.434. The first-order valence-corrected chi connectivity index (χ1v) is 11.6. The van der Waals surface area contributed by atoms with Crippen LogP contribution in [-0.2, 0) is 10.0 Å². The summed E-state index contributed by atoms with van der Waals surface area (Å²) in [5, 5.41) is 17.3. The van der Waals surface area contributed by atoms with Crippen LogP contribution < -0.4 is 10.0 Å². The molecule has 3 N–H and O–H groups in total. The SMILES string of the molecule is CCN(c1ccc2ccccc2c1)c1cc(C(=O)O)cc(S(N)(=O)=O)c1-c1ccccc1. The van der Waals surface area contributed by atoms with Crippen LogP contribution in [0.1, 0.15) is 17.3 Å². The van der Waals surface area contributed by atoms with Crippen molar-refractivity contribution < 1.29 is 18.3 Å². The van der Waals surface area contributed by atoms with E-state index < -0.39 is 16.0 Å². The Labute approximate surface area is 186 Å². The molecule has 4 rings (SSSR count). The van der Waals surface area contributed by atoms with Crippen molar-refractivity contribution in [2.75, 3.05) is 11.4 Å². The van der Waals surface area contributed by atoms with Crippen molar-refractivity contribution in [3.8, 4) is 11.1 Å². The number of hydrogen-bond donors (Lipinski definition) is 2. The molecule has 0 atom stereocenters. The van der Waals surface area contributed by atoms with Crippen molar-refractivity contribution in [2.45, 2.75) is 11.8 Å². The Hall–Kier alpha value is -3.68. The normalized spacial score (nSPS) is 11.4. The summed E-state index contributed by atoms with van der Waals surface area (Å²) in [5.74, 6) is -1.23. The van der Waals surface area contributed by atoms with Gasteiger partial charge in [0, 0.05) is 17.8 Å². The van der Waals surface area contributed by atoms with Crippen molar-refractivity contribution in [2.24, 2.45) is 5.14 Å². The molecule has 0 aliphatic carbocycles. The van der Waals surface area contributed by atoms with E-state index in [0.29, 0.717) is 23.4 Å². The van der Waals surface area contributed by atoms with Gasteiger partial charge in [-0.2, -0.15) is 0 Å². The van der Waals surface area contributed by atoms with Crippen LogP contribution in [0, 0.1) is 0 Å². The Morgan fingerprint density at radius 1 is 0.906 bits per heavy atom. The Morgan fingerprint density at radius 3 is 2.19 bits per heavy atom. The lowest BCUT2D eigenvalue weighted by Gasteiger charge is -2.28. The second kappa shape index (κ2) is 8.45. The highest BCUT2D eigenvalue weighted by Crippen LogP contribution is 2.41. The first-order chi connectivity index (χ1) is 15.3. The van der Waals surface area contributed by atoms with Crippen molar-refractivity contribution in [3.63, 3.8) is 0 Å². The number of sulfonamides is 1. The molecular weight excluding hydrogens is 424 g/mol. The summed E-state index contributed by atoms with van der Waals surface area (Å²) in [4.78, 5) is 13.5. The van der Waals surface area contributed by atoms with E-state index in [0.717, 1.165) is 22.5 Å². The minimum atomic E-state index is -4.21. The molecule has 4 aromatic rings. The molecule has 7 heteroatoms. The third kappa shape index (κ3) is 4.08. The number of carbonyl (C=O) groups is 1. The number of nitrogens with two attached hydrogens (primary N) is 1. The van der Waals surface area contributed by atoms with Crippen LogP contribution in [0.15, 0.2) is 89.8 Å². The fourth-order valence-corrected chi connectivity index (χ4v) is 4.69. The monoisotopic (exact) mass is 446 g/mol. The van der Waals surface area contributed by atoms with Gasteiger partial charge in [0.25, 0.3) is 0 Å². The Morgan fingerprint density at radius 2 is 1.56 bits per heavy atom. The number of rotatable bonds is 6. The van der Waals surface area contributed by atoms with Gasteiger partial charge in [0.15, 0.2) is 0 Å². The molecule has 0 amide bonds. The molecule has 0 aliphatic heterocycles. The summed E-state index contributed by atoms with van der Waals surface area (Å²) in [5.41, 5.74) is 2.11. The van der Waals surface area contributed by atoms with Gasteiger partial charge in [0.1, 0.15) is 0 Å². The summed E-state index contributed by atoms with van der Waals surface area (Å²) >= 11 is 0. The molecule has 0 fully saturated rings. The minimum Gasteiger partial charge on any atom is -0.478 e. The highest BCUT2D eigenvalue weighted by molar-refractivity contribution is 7.89. The summed E-state index contributed by atoms with van der Waals surface area (Å²) in [6.45, 7) is 2.40. The third-order valence-corrected chi connectivity index (χ3v) is 6.28. The first kappa shape index (κ1) is 21.5. The topological polar surface area (TPSA) is 101 Å². The van der Waals surface area contributed by atoms with Crippen LogP contribution >= 0.6 is 0 Å². The Kier molecular flexibility index (Phi) is 5.69. The predicted molar refractivity (Wildman–Crippen MR) is 127 cm³/mol.